The van der Waals surface area contributed by atoms with E-state index in [9.17, 15) is 14.7 Å². The molecule has 3 aromatic carbocycles. The maximum Gasteiger partial charge on any atom is 0.196 e. The second-order valence-electron chi connectivity index (χ2n) is 5.93. The summed E-state index contributed by atoms with van der Waals surface area (Å²) in [6.45, 7) is 0. The summed E-state index contributed by atoms with van der Waals surface area (Å²) in [5.41, 5.74) is 13.1. The van der Waals surface area contributed by atoms with Gasteiger partial charge >= 0.3 is 0 Å². The number of hydrogen-bond donors (Lipinski definition) is 3. The molecule has 0 fully saturated rings. The first kappa shape index (κ1) is 15.7. The van der Waals surface area contributed by atoms with E-state index >= 15 is 0 Å². The highest BCUT2D eigenvalue weighted by atomic mass is 16.5. The molecular weight excluding hydrogens is 332 g/mol. The zero-order chi connectivity index (χ0) is 18.4. The van der Waals surface area contributed by atoms with Gasteiger partial charge in [-0.3, -0.25) is 9.59 Å². The van der Waals surface area contributed by atoms with Gasteiger partial charge < -0.3 is 21.3 Å². The summed E-state index contributed by atoms with van der Waals surface area (Å²) in [6.07, 6.45) is 0. The number of aromatic hydroxyl groups is 1. The van der Waals surface area contributed by atoms with Crippen LogP contribution in [-0.4, -0.2) is 16.7 Å². The van der Waals surface area contributed by atoms with E-state index in [2.05, 4.69) is 0 Å². The van der Waals surface area contributed by atoms with Crippen LogP contribution in [0, 0.1) is 0 Å². The Bertz CT molecular complexity index is 1070. The molecule has 1 aliphatic rings. The molecule has 26 heavy (non-hydrogen) atoms. The van der Waals surface area contributed by atoms with Gasteiger partial charge in [0.25, 0.3) is 0 Å². The second-order valence-corrected chi connectivity index (χ2v) is 5.93. The molecule has 0 aromatic heterocycles. The third kappa shape index (κ3) is 2.28. The van der Waals surface area contributed by atoms with Gasteiger partial charge in [0.1, 0.15) is 11.5 Å². The number of hydrogen-bond acceptors (Lipinski definition) is 6. The van der Waals surface area contributed by atoms with Crippen molar-refractivity contribution in [2.45, 2.75) is 0 Å². The molecule has 6 heteroatoms. The lowest BCUT2D eigenvalue weighted by atomic mass is 9.82. The predicted octanol–water partition coefficient (Wildman–Crippen LogP) is 3.12. The summed E-state index contributed by atoms with van der Waals surface area (Å²) in [5, 5.41) is 9.35. The summed E-state index contributed by atoms with van der Waals surface area (Å²) in [7, 11) is 0. The van der Waals surface area contributed by atoms with Gasteiger partial charge in [0, 0.05) is 22.9 Å². The van der Waals surface area contributed by atoms with Crippen LogP contribution in [0.1, 0.15) is 31.8 Å². The van der Waals surface area contributed by atoms with Crippen LogP contribution in [0.4, 0.5) is 11.4 Å². The number of phenolic OH excluding ortho intramolecular Hbond substituents is 1. The minimum atomic E-state index is -0.365. The van der Waals surface area contributed by atoms with Crippen molar-refractivity contribution in [3.63, 3.8) is 0 Å². The van der Waals surface area contributed by atoms with Crippen molar-refractivity contribution in [2.75, 3.05) is 11.5 Å². The summed E-state index contributed by atoms with van der Waals surface area (Å²) in [4.78, 5) is 25.7. The first-order valence-corrected chi connectivity index (χ1v) is 7.84. The summed E-state index contributed by atoms with van der Waals surface area (Å²) in [6, 6.07) is 14.0. The van der Waals surface area contributed by atoms with Crippen LogP contribution in [0.25, 0.3) is 0 Å². The van der Waals surface area contributed by atoms with Gasteiger partial charge in [0.05, 0.1) is 16.8 Å². The van der Waals surface area contributed by atoms with E-state index in [-0.39, 0.29) is 51.1 Å². The molecule has 0 atom stereocenters. The Labute approximate surface area is 148 Å². The molecule has 0 unspecified atom stereocenters. The molecule has 0 saturated heterocycles. The van der Waals surface area contributed by atoms with E-state index in [1.807, 2.05) is 0 Å². The second kappa shape index (κ2) is 5.63. The predicted molar refractivity (Wildman–Crippen MR) is 96.8 cm³/mol. The van der Waals surface area contributed by atoms with E-state index < -0.39 is 0 Å². The van der Waals surface area contributed by atoms with Crippen molar-refractivity contribution >= 4 is 22.9 Å². The standard InChI is InChI=1S/C20H14N2O4/c21-14-9-15(26-11-7-5-10(23)6-8-11)18(22)17-16(14)19(24)12-3-1-2-4-13(12)20(17)25/h1-9,23H,21-22H2. The number of carbonyl (C=O) groups excluding carboxylic acids is 2. The molecule has 1 aliphatic carbocycles. The number of rotatable bonds is 2. The lowest BCUT2D eigenvalue weighted by Crippen LogP contribution is -2.24. The third-order valence-electron chi connectivity index (χ3n) is 4.30. The van der Waals surface area contributed by atoms with Gasteiger partial charge in [-0.1, -0.05) is 24.3 Å². The zero-order valence-electron chi connectivity index (χ0n) is 13.5. The minimum absolute atomic E-state index is 0.0510. The van der Waals surface area contributed by atoms with Gasteiger partial charge in [-0.25, -0.2) is 0 Å². The molecule has 0 heterocycles. The van der Waals surface area contributed by atoms with E-state index in [0.717, 1.165) is 0 Å². The first-order chi connectivity index (χ1) is 12.5. The summed E-state index contributed by atoms with van der Waals surface area (Å²) >= 11 is 0. The monoisotopic (exact) mass is 346 g/mol. The van der Waals surface area contributed by atoms with Gasteiger partial charge in [-0.2, -0.15) is 0 Å². The number of phenols is 1. The number of fused-ring (bicyclic) bond motifs is 2. The van der Waals surface area contributed by atoms with Crippen LogP contribution in [0.2, 0.25) is 0 Å². The molecule has 0 amide bonds. The Morgan fingerprint density at radius 3 is 2.00 bits per heavy atom. The maximum absolute atomic E-state index is 12.9. The van der Waals surface area contributed by atoms with E-state index in [0.29, 0.717) is 11.3 Å². The van der Waals surface area contributed by atoms with Crippen LogP contribution in [0.3, 0.4) is 0 Å². The Morgan fingerprint density at radius 2 is 1.38 bits per heavy atom. The maximum atomic E-state index is 12.9. The highest BCUT2D eigenvalue weighted by Gasteiger charge is 2.34. The quantitative estimate of drug-likeness (QED) is 0.480. The van der Waals surface area contributed by atoms with Gasteiger partial charge in [-0.05, 0) is 24.3 Å². The fourth-order valence-corrected chi connectivity index (χ4v) is 3.05. The largest absolute Gasteiger partial charge is 0.508 e. The zero-order valence-corrected chi connectivity index (χ0v) is 13.5. The van der Waals surface area contributed by atoms with Crippen molar-refractivity contribution in [1.29, 1.82) is 0 Å². The number of nitrogens with two attached hydrogens (primary N) is 2. The molecule has 6 nitrogen and oxygen atoms in total. The van der Waals surface area contributed by atoms with Crippen LogP contribution in [0.15, 0.2) is 54.6 Å². The van der Waals surface area contributed by atoms with Gasteiger partial charge in [0.2, 0.25) is 0 Å². The molecule has 0 aliphatic heterocycles. The SMILES string of the molecule is Nc1cc(Oc2ccc(O)cc2)c(N)c2c1C(=O)c1ccccc1C2=O. The van der Waals surface area contributed by atoms with Crippen LogP contribution < -0.4 is 16.2 Å². The van der Waals surface area contributed by atoms with Gasteiger partial charge in [0.15, 0.2) is 17.3 Å². The topological polar surface area (TPSA) is 116 Å². The number of nitrogen functional groups attached to an aromatic ring is 2. The molecule has 5 N–H and O–H groups in total. The molecule has 0 bridgehead atoms. The fraction of sp³-hybridized carbons (Fsp3) is 0. The lowest BCUT2D eigenvalue weighted by molar-refractivity contribution is 0.0980. The fourth-order valence-electron chi connectivity index (χ4n) is 3.05. The van der Waals surface area contributed by atoms with Crippen molar-refractivity contribution < 1.29 is 19.4 Å². The molecule has 128 valence electrons. The number of anilines is 2. The lowest BCUT2D eigenvalue weighted by Gasteiger charge is -2.22. The number of carbonyl (C=O) groups is 2. The van der Waals surface area contributed by atoms with Crippen molar-refractivity contribution in [3.05, 3.63) is 76.9 Å². The highest BCUT2D eigenvalue weighted by molar-refractivity contribution is 6.32. The Hall–Kier alpha value is -3.80. The molecule has 3 aromatic rings. The number of benzene rings is 3. The van der Waals surface area contributed by atoms with Crippen molar-refractivity contribution in [2.24, 2.45) is 0 Å². The highest BCUT2D eigenvalue weighted by Crippen LogP contribution is 2.41. The van der Waals surface area contributed by atoms with Crippen LogP contribution >= 0.6 is 0 Å². The average Bonchev–Trinajstić information content (AvgIpc) is 2.64. The summed E-state index contributed by atoms with van der Waals surface area (Å²) < 4.78 is 5.70. The molecule has 0 radical (unpaired) electrons. The Balaban J connectivity index is 1.87. The smallest absolute Gasteiger partial charge is 0.196 e. The third-order valence-corrected chi connectivity index (χ3v) is 4.30. The van der Waals surface area contributed by atoms with E-state index in [4.69, 9.17) is 16.2 Å². The van der Waals surface area contributed by atoms with Crippen LogP contribution in [-0.2, 0) is 0 Å². The molecular formula is C20H14N2O4. The first-order valence-electron chi connectivity index (χ1n) is 7.84. The number of ketones is 2. The average molecular weight is 346 g/mol. The van der Waals surface area contributed by atoms with E-state index in [1.165, 1.54) is 18.2 Å². The van der Waals surface area contributed by atoms with Crippen molar-refractivity contribution in [3.8, 4) is 17.2 Å². The molecule has 0 spiro atoms. The van der Waals surface area contributed by atoms with Crippen LogP contribution in [0.5, 0.6) is 17.2 Å². The van der Waals surface area contributed by atoms with Crippen molar-refractivity contribution in [1.82, 2.24) is 0 Å². The molecule has 0 saturated carbocycles. The Morgan fingerprint density at radius 1 is 0.808 bits per heavy atom. The molecule has 4 rings (SSSR count). The summed E-state index contributed by atoms with van der Waals surface area (Å²) in [5.74, 6) is -0.0323. The van der Waals surface area contributed by atoms with Gasteiger partial charge in [-0.15, -0.1) is 0 Å². The Kier molecular flexibility index (Phi) is 3.40. The number of ether oxygens (including phenoxy) is 1. The minimum Gasteiger partial charge on any atom is -0.508 e. The van der Waals surface area contributed by atoms with E-state index in [1.54, 1.807) is 36.4 Å². The normalized spacial score (nSPS) is 12.5.